The number of aryl methyl sites for hydroxylation is 1. The van der Waals surface area contributed by atoms with Crippen LogP contribution in [0.15, 0.2) is 47.0 Å². The Hall–Kier alpha value is -2.86. The van der Waals surface area contributed by atoms with Crippen molar-refractivity contribution in [1.29, 1.82) is 0 Å². The summed E-state index contributed by atoms with van der Waals surface area (Å²) < 4.78 is 10.8. The van der Waals surface area contributed by atoms with Crippen molar-refractivity contribution >= 4 is 23.2 Å². The van der Waals surface area contributed by atoms with E-state index in [1.807, 2.05) is 39.0 Å². The number of carbonyl (C=O) groups is 1. The third-order valence-corrected chi connectivity index (χ3v) is 4.14. The number of anilines is 1. The minimum Gasteiger partial charge on any atom is -0.484 e. The Bertz CT molecular complexity index is 936. The monoisotopic (exact) mass is 385 g/mol. The number of nitrogens with one attached hydrogen (secondary N) is 1. The second kappa shape index (κ2) is 8.22. The minimum atomic E-state index is -0.261. The highest BCUT2D eigenvalue weighted by atomic mass is 35.5. The number of hydrogen-bond donors (Lipinski definition) is 1. The molecule has 0 bridgehead atoms. The summed E-state index contributed by atoms with van der Waals surface area (Å²) in [6.07, 6.45) is 0. The average molecular weight is 386 g/mol. The Morgan fingerprint density at radius 1 is 1.22 bits per heavy atom. The van der Waals surface area contributed by atoms with Gasteiger partial charge >= 0.3 is 0 Å². The second-order valence-electron chi connectivity index (χ2n) is 6.43. The zero-order valence-corrected chi connectivity index (χ0v) is 16.1. The van der Waals surface area contributed by atoms with Crippen molar-refractivity contribution < 1.29 is 14.1 Å². The van der Waals surface area contributed by atoms with E-state index < -0.39 is 0 Å². The van der Waals surface area contributed by atoms with E-state index in [1.165, 1.54) is 0 Å². The predicted molar refractivity (Wildman–Crippen MR) is 104 cm³/mol. The molecule has 0 spiro atoms. The second-order valence-corrected chi connectivity index (χ2v) is 6.87. The van der Waals surface area contributed by atoms with E-state index in [4.69, 9.17) is 20.9 Å². The lowest BCUT2D eigenvalue weighted by molar-refractivity contribution is -0.118. The number of amides is 1. The zero-order chi connectivity index (χ0) is 19.4. The number of aromatic nitrogens is 2. The number of hydrogen-bond acceptors (Lipinski definition) is 5. The highest BCUT2D eigenvalue weighted by Gasteiger charge is 2.12. The molecule has 3 rings (SSSR count). The first-order valence-electron chi connectivity index (χ1n) is 8.55. The Labute approximate surface area is 162 Å². The summed E-state index contributed by atoms with van der Waals surface area (Å²) in [7, 11) is 0. The van der Waals surface area contributed by atoms with Crippen LogP contribution in [0.25, 0.3) is 11.5 Å². The molecule has 140 valence electrons. The highest BCUT2D eigenvalue weighted by molar-refractivity contribution is 6.31. The van der Waals surface area contributed by atoms with E-state index in [1.54, 1.807) is 24.3 Å². The normalized spacial score (nSPS) is 10.9. The van der Waals surface area contributed by atoms with Crippen LogP contribution in [0.5, 0.6) is 5.75 Å². The molecule has 1 N–H and O–H groups in total. The van der Waals surface area contributed by atoms with Crippen molar-refractivity contribution in [3.05, 3.63) is 58.9 Å². The van der Waals surface area contributed by atoms with Crippen molar-refractivity contribution in [1.82, 2.24) is 10.1 Å². The van der Waals surface area contributed by atoms with Crippen LogP contribution >= 0.6 is 11.6 Å². The lowest BCUT2D eigenvalue weighted by atomic mass is 10.2. The number of rotatable bonds is 6. The van der Waals surface area contributed by atoms with Gasteiger partial charge in [0.05, 0.1) is 0 Å². The smallest absolute Gasteiger partial charge is 0.262 e. The number of ether oxygens (including phenoxy) is 1. The van der Waals surface area contributed by atoms with Crippen LogP contribution in [0.2, 0.25) is 5.02 Å². The van der Waals surface area contributed by atoms with Gasteiger partial charge in [-0.15, -0.1) is 0 Å². The van der Waals surface area contributed by atoms with Crippen LogP contribution in [-0.2, 0) is 4.79 Å². The van der Waals surface area contributed by atoms with Crippen molar-refractivity contribution in [2.75, 3.05) is 11.9 Å². The van der Waals surface area contributed by atoms with Crippen LogP contribution in [0, 0.1) is 6.92 Å². The fraction of sp³-hybridized carbons (Fsp3) is 0.250. The quantitative estimate of drug-likeness (QED) is 0.657. The number of halogens is 1. The topological polar surface area (TPSA) is 77.2 Å². The van der Waals surface area contributed by atoms with E-state index in [2.05, 4.69) is 15.5 Å². The van der Waals surface area contributed by atoms with Crippen molar-refractivity contribution in [3.8, 4) is 17.2 Å². The van der Waals surface area contributed by atoms with Gasteiger partial charge in [-0.1, -0.05) is 36.7 Å². The Morgan fingerprint density at radius 3 is 2.63 bits per heavy atom. The van der Waals surface area contributed by atoms with Crippen molar-refractivity contribution in [3.63, 3.8) is 0 Å². The van der Waals surface area contributed by atoms with E-state index in [-0.39, 0.29) is 18.4 Å². The van der Waals surface area contributed by atoms with Gasteiger partial charge in [0.1, 0.15) is 5.75 Å². The molecule has 0 aliphatic heterocycles. The summed E-state index contributed by atoms with van der Waals surface area (Å²) in [4.78, 5) is 16.4. The van der Waals surface area contributed by atoms with Gasteiger partial charge in [-0.25, -0.2) is 0 Å². The first-order valence-corrected chi connectivity index (χ1v) is 8.93. The lowest BCUT2D eigenvalue weighted by Gasteiger charge is -2.10. The van der Waals surface area contributed by atoms with E-state index in [9.17, 15) is 4.79 Å². The van der Waals surface area contributed by atoms with E-state index in [0.717, 1.165) is 11.1 Å². The van der Waals surface area contributed by atoms with Crippen molar-refractivity contribution in [2.45, 2.75) is 26.7 Å². The molecule has 0 atom stereocenters. The lowest BCUT2D eigenvalue weighted by Crippen LogP contribution is -2.20. The first kappa shape index (κ1) is 18.9. The molecule has 6 nitrogen and oxygen atoms in total. The third-order valence-electron chi connectivity index (χ3n) is 3.90. The maximum atomic E-state index is 12.1. The SMILES string of the molecule is Cc1ccc(Cl)cc1NC(=O)COc1ccc(-c2nc(C(C)C)no2)cc1. The molecule has 3 aromatic rings. The van der Waals surface area contributed by atoms with E-state index >= 15 is 0 Å². The van der Waals surface area contributed by atoms with Gasteiger partial charge < -0.3 is 14.6 Å². The van der Waals surface area contributed by atoms with Gasteiger partial charge in [0.2, 0.25) is 0 Å². The van der Waals surface area contributed by atoms with Crippen LogP contribution in [0.3, 0.4) is 0 Å². The molecular weight excluding hydrogens is 366 g/mol. The molecular formula is C20H20ClN3O3. The van der Waals surface area contributed by atoms with Gasteiger partial charge in [0.25, 0.3) is 11.8 Å². The predicted octanol–water partition coefficient (Wildman–Crippen LogP) is 4.84. The fourth-order valence-electron chi connectivity index (χ4n) is 2.34. The maximum Gasteiger partial charge on any atom is 0.262 e. The molecule has 0 fully saturated rings. The molecule has 1 amide bonds. The first-order chi connectivity index (χ1) is 12.9. The number of nitrogens with zero attached hydrogens (tertiary/aromatic N) is 2. The highest BCUT2D eigenvalue weighted by Crippen LogP contribution is 2.23. The van der Waals surface area contributed by atoms with Crippen LogP contribution in [0.1, 0.15) is 31.2 Å². The number of benzene rings is 2. The molecule has 0 saturated heterocycles. The molecule has 0 aliphatic carbocycles. The van der Waals surface area contributed by atoms with Crippen LogP contribution < -0.4 is 10.1 Å². The maximum absolute atomic E-state index is 12.1. The summed E-state index contributed by atoms with van der Waals surface area (Å²) in [5.41, 5.74) is 2.39. The van der Waals surface area contributed by atoms with Gasteiger partial charge in [-0.2, -0.15) is 4.98 Å². The summed E-state index contributed by atoms with van der Waals surface area (Å²) in [6, 6.07) is 12.5. The van der Waals surface area contributed by atoms with Gasteiger partial charge in [0, 0.05) is 22.2 Å². The molecule has 2 aromatic carbocycles. The van der Waals surface area contributed by atoms with Gasteiger partial charge in [-0.05, 0) is 48.9 Å². The molecule has 0 aliphatic rings. The van der Waals surface area contributed by atoms with Crippen molar-refractivity contribution in [2.24, 2.45) is 0 Å². The number of carbonyl (C=O) groups excluding carboxylic acids is 1. The Kier molecular flexibility index (Phi) is 5.76. The van der Waals surface area contributed by atoms with E-state index in [0.29, 0.717) is 28.2 Å². The summed E-state index contributed by atoms with van der Waals surface area (Å²) >= 11 is 5.96. The average Bonchev–Trinajstić information content (AvgIpc) is 3.14. The molecule has 7 heteroatoms. The summed E-state index contributed by atoms with van der Waals surface area (Å²) in [6.45, 7) is 5.79. The van der Waals surface area contributed by atoms with Gasteiger partial charge in [-0.3, -0.25) is 4.79 Å². The zero-order valence-electron chi connectivity index (χ0n) is 15.3. The molecule has 1 heterocycles. The third kappa shape index (κ3) is 4.86. The summed E-state index contributed by atoms with van der Waals surface area (Å²) in [5.74, 6) is 1.63. The molecule has 1 aromatic heterocycles. The molecule has 0 radical (unpaired) electrons. The standard InChI is InChI=1S/C20H20ClN3O3/c1-12(2)19-23-20(27-24-19)14-5-8-16(9-6-14)26-11-18(25)22-17-10-15(21)7-4-13(17)3/h4-10,12H,11H2,1-3H3,(H,22,25). The Balaban J connectivity index is 1.58. The largest absolute Gasteiger partial charge is 0.484 e. The minimum absolute atomic E-state index is 0.108. The molecule has 0 saturated carbocycles. The molecule has 27 heavy (non-hydrogen) atoms. The summed E-state index contributed by atoms with van der Waals surface area (Å²) in [5, 5.41) is 7.30. The molecule has 0 unspecified atom stereocenters. The fourth-order valence-corrected chi connectivity index (χ4v) is 2.52. The Morgan fingerprint density at radius 2 is 1.96 bits per heavy atom. The van der Waals surface area contributed by atoms with Gasteiger partial charge in [0.15, 0.2) is 12.4 Å². The van der Waals surface area contributed by atoms with Crippen LogP contribution in [0.4, 0.5) is 5.69 Å². The van der Waals surface area contributed by atoms with Crippen LogP contribution in [-0.4, -0.2) is 22.7 Å².